The van der Waals surface area contributed by atoms with Crippen molar-refractivity contribution in [1.29, 1.82) is 0 Å². The first-order chi connectivity index (χ1) is 23.9. The normalized spacial score (nSPS) is 16.6. The van der Waals surface area contributed by atoms with Crippen molar-refractivity contribution in [3.63, 3.8) is 0 Å². The van der Waals surface area contributed by atoms with E-state index in [0.29, 0.717) is 21.7 Å². The maximum Gasteiger partial charge on any atom is 0.244 e. The van der Waals surface area contributed by atoms with Crippen molar-refractivity contribution in [2.24, 2.45) is 12.0 Å². The van der Waals surface area contributed by atoms with Crippen LogP contribution in [0.1, 0.15) is 59.8 Å². The zero-order valence-corrected chi connectivity index (χ0v) is 35.2. The van der Waals surface area contributed by atoms with Crippen LogP contribution in [0.4, 0.5) is 0 Å². The third-order valence-corrected chi connectivity index (χ3v) is 15.7. The van der Waals surface area contributed by atoms with Crippen LogP contribution >= 0.6 is 34.5 Å². The lowest BCUT2D eigenvalue weighted by Crippen LogP contribution is -2.41. The Balaban J connectivity index is 1.94. The first-order valence-electron chi connectivity index (χ1n) is 17.5. The minimum Gasteiger partial charge on any atom is -0.305 e. The lowest BCUT2D eigenvalue weighted by atomic mass is 9.96. The molecule has 0 aliphatic heterocycles. The van der Waals surface area contributed by atoms with Crippen LogP contribution in [-0.4, -0.2) is 118 Å². The van der Waals surface area contributed by atoms with Gasteiger partial charge in [-0.2, -0.15) is 13.7 Å². The number of aryl methyl sites for hydroxylation is 1. The summed E-state index contributed by atoms with van der Waals surface area (Å²) in [6.07, 6.45) is 5.58. The number of sulfonamides is 2. The number of hydrogen-bond acceptors (Lipinski definition) is 9. The molecule has 1 fully saturated rings. The molecule has 1 aromatic heterocycles. The van der Waals surface area contributed by atoms with Crippen LogP contribution in [0.25, 0.3) is 21.7 Å². The summed E-state index contributed by atoms with van der Waals surface area (Å²) in [4.78, 5) is 9.50. The van der Waals surface area contributed by atoms with E-state index >= 15 is 0 Å². The molecule has 4 rings (SSSR count). The van der Waals surface area contributed by atoms with Gasteiger partial charge in [0.25, 0.3) is 0 Å². The largest absolute Gasteiger partial charge is 0.305 e. The van der Waals surface area contributed by atoms with E-state index in [1.165, 1.54) is 38.5 Å². The van der Waals surface area contributed by atoms with Crippen molar-refractivity contribution in [2.45, 2.75) is 87.7 Å². The number of halogens is 2. The number of likely N-dealkylation sites (N-methyl/N-ethyl adjacent to an activating group) is 4. The average molecular weight is 803 g/mol. The SMILES string of the molecule is CCN(CC(C)N(C)C)S(=O)(=O)c1cc(-c2cc(-c3nn(C)c(=NC4CCCCC4)s3)cc(S(=O)(=O)N(CC)CC(C)N(C)C)c2Cl)ccc1Cl. The van der Waals surface area contributed by atoms with Gasteiger partial charge in [-0.25, -0.2) is 21.5 Å². The Bertz CT molecular complexity index is 1960. The molecule has 2 unspecified atom stereocenters. The molecule has 284 valence electrons. The lowest BCUT2D eigenvalue weighted by molar-refractivity contribution is 0.261. The maximum atomic E-state index is 14.5. The molecule has 2 aromatic carbocycles. The second-order valence-corrected chi connectivity index (χ2v) is 19.3. The first-order valence-corrected chi connectivity index (χ1v) is 21.9. The van der Waals surface area contributed by atoms with E-state index < -0.39 is 20.0 Å². The van der Waals surface area contributed by atoms with Crippen molar-refractivity contribution >= 4 is 54.6 Å². The quantitative estimate of drug-likeness (QED) is 0.178. The van der Waals surface area contributed by atoms with Crippen molar-refractivity contribution in [1.82, 2.24) is 28.2 Å². The fourth-order valence-electron chi connectivity index (χ4n) is 5.92. The van der Waals surface area contributed by atoms with E-state index in [2.05, 4.69) is 0 Å². The summed E-state index contributed by atoms with van der Waals surface area (Å²) in [6.45, 7) is 8.48. The van der Waals surface area contributed by atoms with Gasteiger partial charge >= 0.3 is 0 Å². The van der Waals surface area contributed by atoms with Gasteiger partial charge in [-0.3, -0.25) is 4.99 Å². The third-order valence-electron chi connectivity index (χ3n) is 9.74. The Hall–Kier alpha value is -1.88. The van der Waals surface area contributed by atoms with Gasteiger partial charge < -0.3 is 9.80 Å². The maximum absolute atomic E-state index is 14.5. The van der Waals surface area contributed by atoms with Crippen LogP contribution in [0.15, 0.2) is 45.1 Å². The highest BCUT2D eigenvalue weighted by Crippen LogP contribution is 2.41. The summed E-state index contributed by atoms with van der Waals surface area (Å²) in [5, 5.41) is 5.39. The molecule has 0 amide bonds. The topological polar surface area (TPSA) is 111 Å². The van der Waals surface area contributed by atoms with E-state index in [9.17, 15) is 16.8 Å². The predicted molar refractivity (Wildman–Crippen MR) is 210 cm³/mol. The molecular weight excluding hydrogens is 750 g/mol. The zero-order valence-electron chi connectivity index (χ0n) is 31.2. The minimum absolute atomic E-state index is 0.0120. The van der Waals surface area contributed by atoms with Crippen LogP contribution in [-0.2, 0) is 27.1 Å². The molecule has 11 nitrogen and oxygen atoms in total. The zero-order chi connectivity index (χ0) is 37.8. The van der Waals surface area contributed by atoms with Crippen molar-refractivity contribution in [3.05, 3.63) is 45.2 Å². The molecule has 16 heteroatoms. The molecule has 1 saturated carbocycles. The van der Waals surface area contributed by atoms with Crippen molar-refractivity contribution in [2.75, 3.05) is 54.4 Å². The molecule has 51 heavy (non-hydrogen) atoms. The molecule has 0 saturated heterocycles. The average Bonchev–Trinajstić information content (AvgIpc) is 3.45. The third kappa shape index (κ3) is 9.63. The van der Waals surface area contributed by atoms with Crippen LogP contribution in [0.5, 0.6) is 0 Å². The fourth-order valence-corrected chi connectivity index (χ4v) is 11.1. The van der Waals surface area contributed by atoms with Crippen LogP contribution in [0.2, 0.25) is 10.0 Å². The second-order valence-electron chi connectivity index (χ2n) is 13.8. The fraction of sp³-hybridized carbons (Fsp3) is 0.600. The summed E-state index contributed by atoms with van der Waals surface area (Å²) >= 11 is 15.1. The number of nitrogens with zero attached hydrogens (tertiary/aromatic N) is 7. The monoisotopic (exact) mass is 801 g/mol. The molecule has 0 radical (unpaired) electrons. The summed E-state index contributed by atoms with van der Waals surface area (Å²) in [7, 11) is 1.29. The van der Waals surface area contributed by atoms with Gasteiger partial charge in [0, 0.05) is 56.4 Å². The van der Waals surface area contributed by atoms with E-state index in [-0.39, 0.29) is 64.1 Å². The Labute approximate surface area is 319 Å². The van der Waals surface area contributed by atoms with Gasteiger partial charge in [0.05, 0.1) is 16.1 Å². The highest BCUT2D eigenvalue weighted by Gasteiger charge is 2.32. The molecule has 0 spiro atoms. The number of rotatable bonds is 15. The molecule has 3 aromatic rings. The van der Waals surface area contributed by atoms with Gasteiger partial charge in [0.1, 0.15) is 14.8 Å². The Morgan fingerprint density at radius 3 is 1.90 bits per heavy atom. The first kappa shape index (κ1) is 41.9. The van der Waals surface area contributed by atoms with E-state index in [0.717, 1.165) is 30.5 Å². The van der Waals surface area contributed by atoms with E-state index in [1.807, 2.05) is 58.9 Å². The van der Waals surface area contributed by atoms with E-state index in [1.54, 1.807) is 36.7 Å². The van der Waals surface area contributed by atoms with E-state index in [4.69, 9.17) is 33.3 Å². The second kappa shape index (κ2) is 17.5. The Kier molecular flexibility index (Phi) is 14.4. The summed E-state index contributed by atoms with van der Waals surface area (Å²) in [6, 6.07) is 8.13. The molecule has 1 aliphatic carbocycles. The van der Waals surface area contributed by atoms with Crippen molar-refractivity contribution < 1.29 is 16.8 Å². The van der Waals surface area contributed by atoms with Crippen molar-refractivity contribution in [3.8, 4) is 21.7 Å². The molecule has 0 bridgehead atoms. The summed E-state index contributed by atoms with van der Waals surface area (Å²) in [5.74, 6) is 0. The molecule has 1 heterocycles. The smallest absolute Gasteiger partial charge is 0.244 e. The van der Waals surface area contributed by atoms with Gasteiger partial charge in [-0.05, 0) is 84.7 Å². The molecule has 2 atom stereocenters. The van der Waals surface area contributed by atoms with Crippen LogP contribution in [0, 0.1) is 0 Å². The lowest BCUT2D eigenvalue weighted by Gasteiger charge is -2.28. The Morgan fingerprint density at radius 1 is 0.843 bits per heavy atom. The summed E-state index contributed by atoms with van der Waals surface area (Å²) < 4.78 is 61.6. The number of hydrogen-bond donors (Lipinski definition) is 0. The highest BCUT2D eigenvalue weighted by atomic mass is 35.5. The van der Waals surface area contributed by atoms with Crippen LogP contribution < -0.4 is 4.80 Å². The minimum atomic E-state index is -4.12. The molecular formula is C35H53Cl2N7O4S3. The van der Waals surface area contributed by atoms with Gasteiger partial charge in [-0.1, -0.05) is 73.7 Å². The number of benzene rings is 2. The van der Waals surface area contributed by atoms with Crippen LogP contribution in [0.3, 0.4) is 0 Å². The molecule has 1 aliphatic rings. The standard InChI is InChI=1S/C35H53Cl2N7O4S3/c1-10-43(22-24(3)40(5)6)50(45,46)31-20-26(17-18-30(31)36)29-19-27(34-39-42(9)35(49-34)38-28-15-13-12-14-16-28)21-32(33(29)37)51(47,48)44(11-2)23-25(4)41(7)8/h17-21,24-25,28H,10-16,22-23H2,1-9H3. The predicted octanol–water partition coefficient (Wildman–Crippen LogP) is 6.28. The van der Waals surface area contributed by atoms with Gasteiger partial charge in [-0.15, -0.1) is 0 Å². The van der Waals surface area contributed by atoms with Gasteiger partial charge in [0.2, 0.25) is 24.8 Å². The Morgan fingerprint density at radius 2 is 1.37 bits per heavy atom. The highest BCUT2D eigenvalue weighted by molar-refractivity contribution is 7.89. The summed E-state index contributed by atoms with van der Waals surface area (Å²) in [5.41, 5.74) is 1.30. The number of aromatic nitrogens is 2. The van der Waals surface area contributed by atoms with Gasteiger partial charge in [0.15, 0.2) is 0 Å². The molecule has 0 N–H and O–H groups in total.